The summed E-state index contributed by atoms with van der Waals surface area (Å²) in [5.74, 6) is -1.61. The van der Waals surface area contributed by atoms with Crippen LogP contribution in [0.2, 0.25) is 0 Å². The highest BCUT2D eigenvalue weighted by atomic mass is 16.7. The molecule has 0 aromatic heterocycles. The van der Waals surface area contributed by atoms with Gasteiger partial charge in [0.1, 0.15) is 0 Å². The maximum Gasteiger partial charge on any atom is 0.335 e. The Kier molecular flexibility index (Phi) is 5.82. The number of carbonyl (C=O) groups is 3. The van der Waals surface area contributed by atoms with E-state index in [-0.39, 0.29) is 18.8 Å². The monoisotopic (exact) mass is 255 g/mol. The molecule has 0 bridgehead atoms. The Balaban J connectivity index is 2.31. The summed E-state index contributed by atoms with van der Waals surface area (Å²) >= 11 is 0. The lowest BCUT2D eigenvalue weighted by molar-refractivity contribution is -0.200. The maximum absolute atomic E-state index is 11.7. The van der Waals surface area contributed by atoms with Crippen molar-refractivity contribution in [2.45, 2.75) is 58.8 Å². The molecule has 1 aliphatic rings. The predicted octanol–water partition coefficient (Wildman–Crippen LogP) is 2.20. The molecule has 1 rings (SSSR count). The standard InChI is InChI=1S/C13H21NO4/c1-3-4-5-6-7-10(2)13(17)18-14-11(15)8-9-12(14)16/h10H,3-9H2,1-2H3. The van der Waals surface area contributed by atoms with Crippen LogP contribution in [0.4, 0.5) is 0 Å². The molecule has 0 N–H and O–H groups in total. The van der Waals surface area contributed by atoms with Crippen LogP contribution in [0.25, 0.3) is 0 Å². The third kappa shape index (κ3) is 4.13. The zero-order valence-corrected chi connectivity index (χ0v) is 11.1. The van der Waals surface area contributed by atoms with Gasteiger partial charge in [0.2, 0.25) is 0 Å². The topological polar surface area (TPSA) is 63.7 Å². The average molecular weight is 255 g/mol. The van der Waals surface area contributed by atoms with Crippen molar-refractivity contribution in [2.24, 2.45) is 5.92 Å². The van der Waals surface area contributed by atoms with Crippen molar-refractivity contribution in [1.29, 1.82) is 0 Å². The van der Waals surface area contributed by atoms with Gasteiger partial charge < -0.3 is 4.84 Å². The number of hydrogen-bond acceptors (Lipinski definition) is 4. The Labute approximate surface area is 107 Å². The summed E-state index contributed by atoms with van der Waals surface area (Å²) in [6, 6.07) is 0. The molecule has 0 radical (unpaired) electrons. The van der Waals surface area contributed by atoms with Crippen LogP contribution in [-0.2, 0) is 19.2 Å². The summed E-state index contributed by atoms with van der Waals surface area (Å²) in [5.41, 5.74) is 0. The first-order chi connectivity index (χ1) is 8.56. The van der Waals surface area contributed by atoms with Gasteiger partial charge in [-0.15, -0.1) is 5.06 Å². The van der Waals surface area contributed by atoms with Crippen LogP contribution in [0.15, 0.2) is 0 Å². The van der Waals surface area contributed by atoms with Crippen LogP contribution in [0, 0.1) is 5.92 Å². The van der Waals surface area contributed by atoms with Crippen molar-refractivity contribution in [1.82, 2.24) is 5.06 Å². The quantitative estimate of drug-likeness (QED) is 0.517. The highest BCUT2D eigenvalue weighted by molar-refractivity contribution is 6.01. The summed E-state index contributed by atoms with van der Waals surface area (Å²) in [4.78, 5) is 39.1. The minimum Gasteiger partial charge on any atom is -0.330 e. The lowest BCUT2D eigenvalue weighted by atomic mass is 10.0. The summed E-state index contributed by atoms with van der Waals surface area (Å²) < 4.78 is 0. The van der Waals surface area contributed by atoms with Gasteiger partial charge >= 0.3 is 5.97 Å². The molecule has 1 unspecified atom stereocenters. The summed E-state index contributed by atoms with van der Waals surface area (Å²) in [6.45, 7) is 3.89. The molecule has 0 aliphatic carbocycles. The second-order valence-electron chi connectivity index (χ2n) is 4.74. The molecule has 5 heteroatoms. The van der Waals surface area contributed by atoms with Crippen LogP contribution in [0.3, 0.4) is 0 Å². The number of carbonyl (C=O) groups excluding carboxylic acids is 3. The van der Waals surface area contributed by atoms with Gasteiger partial charge in [-0.2, -0.15) is 0 Å². The molecule has 0 saturated carbocycles. The first-order valence-electron chi connectivity index (χ1n) is 6.63. The molecule has 18 heavy (non-hydrogen) atoms. The number of hydroxylamine groups is 2. The van der Waals surface area contributed by atoms with E-state index in [9.17, 15) is 14.4 Å². The van der Waals surface area contributed by atoms with Crippen LogP contribution in [-0.4, -0.2) is 22.8 Å². The summed E-state index contributed by atoms with van der Waals surface area (Å²) in [5, 5.41) is 0.616. The van der Waals surface area contributed by atoms with Crippen LogP contribution in [0.5, 0.6) is 0 Å². The van der Waals surface area contributed by atoms with Gasteiger partial charge in [0.05, 0.1) is 5.92 Å². The fourth-order valence-electron chi connectivity index (χ4n) is 1.83. The van der Waals surface area contributed by atoms with Gasteiger partial charge in [-0.1, -0.05) is 39.5 Å². The Bertz CT molecular complexity index is 311. The second-order valence-corrected chi connectivity index (χ2v) is 4.74. The number of amides is 2. The molecular weight excluding hydrogens is 234 g/mol. The fourth-order valence-corrected chi connectivity index (χ4v) is 1.83. The molecule has 0 spiro atoms. The maximum atomic E-state index is 11.7. The van der Waals surface area contributed by atoms with E-state index in [1.807, 2.05) is 0 Å². The Morgan fingerprint density at radius 3 is 2.39 bits per heavy atom. The van der Waals surface area contributed by atoms with Crippen molar-refractivity contribution in [3.63, 3.8) is 0 Å². The molecule has 1 aliphatic heterocycles. The van der Waals surface area contributed by atoms with Gasteiger partial charge in [0.15, 0.2) is 0 Å². The highest BCUT2D eigenvalue weighted by Crippen LogP contribution is 2.16. The first kappa shape index (κ1) is 14.7. The molecule has 1 fully saturated rings. The van der Waals surface area contributed by atoms with E-state index in [1.54, 1.807) is 6.92 Å². The fraction of sp³-hybridized carbons (Fsp3) is 0.769. The van der Waals surface area contributed by atoms with E-state index in [4.69, 9.17) is 4.84 Å². The number of nitrogens with zero attached hydrogens (tertiary/aromatic N) is 1. The highest BCUT2D eigenvalue weighted by Gasteiger charge is 2.33. The third-order valence-electron chi connectivity index (χ3n) is 3.08. The Morgan fingerprint density at radius 1 is 1.22 bits per heavy atom. The van der Waals surface area contributed by atoms with Crippen LogP contribution < -0.4 is 0 Å². The van der Waals surface area contributed by atoms with Gasteiger partial charge in [-0.3, -0.25) is 9.59 Å². The molecule has 2 amide bonds. The second kappa shape index (κ2) is 7.13. The van der Waals surface area contributed by atoms with Gasteiger partial charge in [0.25, 0.3) is 11.8 Å². The SMILES string of the molecule is CCCCCCC(C)C(=O)ON1C(=O)CCC1=O. The predicted molar refractivity (Wildman–Crippen MR) is 65.1 cm³/mol. The minimum absolute atomic E-state index is 0.136. The van der Waals surface area contributed by atoms with Crippen molar-refractivity contribution in [3.8, 4) is 0 Å². The number of hydrogen-bond donors (Lipinski definition) is 0. The minimum atomic E-state index is -0.491. The molecule has 1 heterocycles. The van der Waals surface area contributed by atoms with Gasteiger partial charge in [-0.05, 0) is 6.42 Å². The van der Waals surface area contributed by atoms with Crippen molar-refractivity contribution >= 4 is 17.8 Å². The molecule has 0 aromatic carbocycles. The zero-order valence-electron chi connectivity index (χ0n) is 11.1. The molecule has 102 valence electrons. The third-order valence-corrected chi connectivity index (χ3v) is 3.08. The molecule has 1 atom stereocenters. The number of imide groups is 1. The molecular formula is C13H21NO4. The van der Waals surface area contributed by atoms with E-state index in [0.717, 1.165) is 32.1 Å². The molecule has 0 aromatic rings. The van der Waals surface area contributed by atoms with Crippen molar-refractivity contribution in [3.05, 3.63) is 0 Å². The Hall–Kier alpha value is -1.39. The summed E-state index contributed by atoms with van der Waals surface area (Å²) in [7, 11) is 0. The van der Waals surface area contributed by atoms with E-state index >= 15 is 0 Å². The van der Waals surface area contributed by atoms with E-state index in [2.05, 4.69) is 6.92 Å². The van der Waals surface area contributed by atoms with E-state index < -0.39 is 17.8 Å². The average Bonchev–Trinajstić information content (AvgIpc) is 2.66. The lowest BCUT2D eigenvalue weighted by Gasteiger charge is -2.16. The molecule has 1 saturated heterocycles. The smallest absolute Gasteiger partial charge is 0.330 e. The molecule has 5 nitrogen and oxygen atoms in total. The Morgan fingerprint density at radius 2 is 1.83 bits per heavy atom. The summed E-state index contributed by atoms with van der Waals surface area (Å²) in [6.07, 6.45) is 5.37. The number of rotatable bonds is 7. The van der Waals surface area contributed by atoms with E-state index in [1.165, 1.54) is 0 Å². The van der Waals surface area contributed by atoms with Crippen LogP contribution >= 0.6 is 0 Å². The van der Waals surface area contributed by atoms with Crippen molar-refractivity contribution in [2.75, 3.05) is 0 Å². The zero-order chi connectivity index (χ0) is 13.5. The van der Waals surface area contributed by atoms with Crippen LogP contribution in [0.1, 0.15) is 58.8 Å². The van der Waals surface area contributed by atoms with E-state index in [0.29, 0.717) is 5.06 Å². The van der Waals surface area contributed by atoms with Gasteiger partial charge in [0, 0.05) is 12.8 Å². The van der Waals surface area contributed by atoms with Gasteiger partial charge in [-0.25, -0.2) is 4.79 Å². The van der Waals surface area contributed by atoms with Crippen molar-refractivity contribution < 1.29 is 19.2 Å². The lowest BCUT2D eigenvalue weighted by Crippen LogP contribution is -2.34. The normalized spacial score (nSPS) is 17.1. The first-order valence-corrected chi connectivity index (χ1v) is 6.63. The largest absolute Gasteiger partial charge is 0.335 e. The number of unbranched alkanes of at least 4 members (excludes halogenated alkanes) is 3.